The zero-order valence-corrected chi connectivity index (χ0v) is 11.1. The van der Waals surface area contributed by atoms with E-state index in [1.54, 1.807) is 12.2 Å². The highest BCUT2D eigenvalue weighted by atomic mass is 32.1. The SMILES string of the molecule is C=C/C=C\C(=C)COCC(O)COCCCS. The zero-order chi connectivity index (χ0) is 12.9. The molecule has 0 aromatic heterocycles. The van der Waals surface area contributed by atoms with E-state index in [0.717, 1.165) is 17.7 Å². The van der Waals surface area contributed by atoms with Crippen LogP contribution in [0.15, 0.2) is 37.0 Å². The first-order valence-corrected chi connectivity index (χ1v) is 6.25. The number of allylic oxidation sites excluding steroid dienone is 2. The molecule has 0 aliphatic rings. The first kappa shape index (κ1) is 16.4. The van der Waals surface area contributed by atoms with Crippen molar-refractivity contribution < 1.29 is 14.6 Å². The Kier molecular flexibility index (Phi) is 11.5. The third kappa shape index (κ3) is 11.7. The number of aliphatic hydroxyl groups excluding tert-OH is 1. The van der Waals surface area contributed by atoms with Crippen molar-refractivity contribution in [2.45, 2.75) is 12.5 Å². The molecule has 3 nitrogen and oxygen atoms in total. The molecule has 0 heterocycles. The van der Waals surface area contributed by atoms with Crippen LogP contribution in [0, 0.1) is 0 Å². The molecule has 1 atom stereocenters. The molecular formula is C13H22O3S. The fourth-order valence-corrected chi connectivity index (χ4v) is 1.14. The molecule has 0 amide bonds. The normalized spacial score (nSPS) is 12.8. The Bertz CT molecular complexity index is 239. The van der Waals surface area contributed by atoms with Gasteiger partial charge in [-0.1, -0.05) is 31.4 Å². The maximum Gasteiger partial charge on any atom is 0.101 e. The quantitative estimate of drug-likeness (QED) is 0.338. The molecule has 0 aliphatic heterocycles. The Hall–Kier alpha value is -0.550. The molecule has 0 aromatic carbocycles. The van der Waals surface area contributed by atoms with Crippen molar-refractivity contribution in [3.8, 4) is 0 Å². The van der Waals surface area contributed by atoms with Crippen molar-refractivity contribution in [3.63, 3.8) is 0 Å². The van der Waals surface area contributed by atoms with E-state index in [1.807, 2.05) is 6.08 Å². The van der Waals surface area contributed by atoms with E-state index in [-0.39, 0.29) is 6.61 Å². The number of hydrogen-bond donors (Lipinski definition) is 2. The van der Waals surface area contributed by atoms with Gasteiger partial charge >= 0.3 is 0 Å². The van der Waals surface area contributed by atoms with Crippen LogP contribution < -0.4 is 0 Å². The predicted molar refractivity (Wildman–Crippen MR) is 74.6 cm³/mol. The maximum atomic E-state index is 9.50. The second kappa shape index (κ2) is 11.9. The molecule has 98 valence electrons. The fourth-order valence-electron chi connectivity index (χ4n) is 1.01. The highest BCUT2D eigenvalue weighted by Crippen LogP contribution is 1.96. The van der Waals surface area contributed by atoms with E-state index < -0.39 is 6.10 Å². The van der Waals surface area contributed by atoms with Crippen LogP contribution in [0.1, 0.15) is 6.42 Å². The molecule has 0 spiro atoms. The van der Waals surface area contributed by atoms with E-state index in [0.29, 0.717) is 19.8 Å². The Morgan fingerprint density at radius 1 is 1.35 bits per heavy atom. The first-order valence-electron chi connectivity index (χ1n) is 5.62. The van der Waals surface area contributed by atoms with Gasteiger partial charge in [0.2, 0.25) is 0 Å². The third-order valence-corrected chi connectivity index (χ3v) is 2.14. The molecule has 0 aliphatic carbocycles. The summed E-state index contributed by atoms with van der Waals surface area (Å²) < 4.78 is 10.5. The van der Waals surface area contributed by atoms with Crippen LogP contribution in [0.3, 0.4) is 0 Å². The molecule has 0 saturated heterocycles. The van der Waals surface area contributed by atoms with Crippen LogP contribution in [0.4, 0.5) is 0 Å². The maximum absolute atomic E-state index is 9.50. The summed E-state index contributed by atoms with van der Waals surface area (Å²) in [6.45, 7) is 8.92. The Morgan fingerprint density at radius 2 is 2.06 bits per heavy atom. The smallest absolute Gasteiger partial charge is 0.101 e. The summed E-state index contributed by atoms with van der Waals surface area (Å²) in [7, 11) is 0. The summed E-state index contributed by atoms with van der Waals surface area (Å²) in [4.78, 5) is 0. The lowest BCUT2D eigenvalue weighted by Gasteiger charge is -2.11. The number of ether oxygens (including phenoxy) is 2. The monoisotopic (exact) mass is 258 g/mol. The van der Waals surface area contributed by atoms with Gasteiger partial charge < -0.3 is 14.6 Å². The van der Waals surface area contributed by atoms with Gasteiger partial charge in [0.1, 0.15) is 6.10 Å². The summed E-state index contributed by atoms with van der Waals surface area (Å²) in [5.41, 5.74) is 0.841. The van der Waals surface area contributed by atoms with Crippen molar-refractivity contribution >= 4 is 12.6 Å². The van der Waals surface area contributed by atoms with Crippen molar-refractivity contribution in [2.75, 3.05) is 32.2 Å². The van der Waals surface area contributed by atoms with Crippen LogP contribution in [0.5, 0.6) is 0 Å². The number of aliphatic hydroxyl groups is 1. The Balaban J connectivity index is 3.43. The van der Waals surface area contributed by atoms with Crippen molar-refractivity contribution in [1.29, 1.82) is 0 Å². The van der Waals surface area contributed by atoms with Crippen LogP contribution >= 0.6 is 12.6 Å². The molecule has 0 rings (SSSR count). The second-order valence-corrected chi connectivity index (χ2v) is 4.02. The largest absolute Gasteiger partial charge is 0.388 e. The molecule has 1 unspecified atom stereocenters. The van der Waals surface area contributed by atoms with Crippen LogP contribution in [0.25, 0.3) is 0 Å². The standard InChI is InChI=1S/C13H22O3S/c1-3-4-6-12(2)9-16-11-13(14)10-15-7-5-8-17/h3-4,6,13-14,17H,1-2,5,7-11H2/b6-4-. The van der Waals surface area contributed by atoms with Gasteiger partial charge in [0.15, 0.2) is 0 Å². The van der Waals surface area contributed by atoms with Gasteiger partial charge in [0.25, 0.3) is 0 Å². The summed E-state index contributed by atoms with van der Waals surface area (Å²) >= 11 is 4.06. The Morgan fingerprint density at radius 3 is 2.71 bits per heavy atom. The summed E-state index contributed by atoms with van der Waals surface area (Å²) in [6, 6.07) is 0. The van der Waals surface area contributed by atoms with E-state index in [2.05, 4.69) is 25.8 Å². The van der Waals surface area contributed by atoms with Gasteiger partial charge in [-0.25, -0.2) is 0 Å². The van der Waals surface area contributed by atoms with Gasteiger partial charge in [0.05, 0.1) is 19.8 Å². The highest BCUT2D eigenvalue weighted by Gasteiger charge is 2.04. The van der Waals surface area contributed by atoms with Gasteiger partial charge in [-0.05, 0) is 17.7 Å². The van der Waals surface area contributed by atoms with E-state index >= 15 is 0 Å². The molecule has 0 fully saturated rings. The minimum atomic E-state index is -0.592. The first-order chi connectivity index (χ1) is 8.20. The number of rotatable bonds is 11. The van der Waals surface area contributed by atoms with E-state index in [9.17, 15) is 5.11 Å². The number of hydrogen-bond acceptors (Lipinski definition) is 4. The molecule has 0 saturated carbocycles. The lowest BCUT2D eigenvalue weighted by atomic mass is 10.3. The topological polar surface area (TPSA) is 38.7 Å². The van der Waals surface area contributed by atoms with Gasteiger partial charge in [0, 0.05) is 6.61 Å². The van der Waals surface area contributed by atoms with Crippen LogP contribution in [-0.4, -0.2) is 43.4 Å². The molecule has 0 radical (unpaired) electrons. The summed E-state index contributed by atoms with van der Waals surface area (Å²) in [6.07, 6.45) is 5.59. The van der Waals surface area contributed by atoms with Crippen LogP contribution in [-0.2, 0) is 9.47 Å². The lowest BCUT2D eigenvalue weighted by molar-refractivity contribution is -0.0134. The predicted octanol–water partition coefficient (Wildman–Crippen LogP) is 2.00. The lowest BCUT2D eigenvalue weighted by Crippen LogP contribution is -2.22. The minimum Gasteiger partial charge on any atom is -0.388 e. The fraction of sp³-hybridized carbons (Fsp3) is 0.538. The average molecular weight is 258 g/mol. The molecule has 4 heteroatoms. The molecule has 0 bridgehead atoms. The van der Waals surface area contributed by atoms with Crippen LogP contribution in [0.2, 0.25) is 0 Å². The third-order valence-electron chi connectivity index (χ3n) is 1.82. The molecule has 1 N–H and O–H groups in total. The van der Waals surface area contributed by atoms with Crippen molar-refractivity contribution in [1.82, 2.24) is 0 Å². The zero-order valence-electron chi connectivity index (χ0n) is 10.2. The highest BCUT2D eigenvalue weighted by molar-refractivity contribution is 7.80. The molecule has 0 aromatic rings. The minimum absolute atomic E-state index is 0.252. The van der Waals surface area contributed by atoms with Crippen molar-refractivity contribution in [3.05, 3.63) is 37.0 Å². The van der Waals surface area contributed by atoms with Gasteiger partial charge in [-0.2, -0.15) is 12.6 Å². The number of thiol groups is 1. The van der Waals surface area contributed by atoms with Gasteiger partial charge in [-0.15, -0.1) is 0 Å². The van der Waals surface area contributed by atoms with Gasteiger partial charge in [-0.3, -0.25) is 0 Å². The second-order valence-electron chi connectivity index (χ2n) is 3.57. The van der Waals surface area contributed by atoms with E-state index in [4.69, 9.17) is 9.47 Å². The average Bonchev–Trinajstić information content (AvgIpc) is 2.32. The van der Waals surface area contributed by atoms with Crippen molar-refractivity contribution in [2.24, 2.45) is 0 Å². The summed E-state index contributed by atoms with van der Waals surface area (Å²) in [5, 5.41) is 9.50. The van der Waals surface area contributed by atoms with E-state index in [1.165, 1.54) is 0 Å². The Labute approximate surface area is 109 Å². The molecular weight excluding hydrogens is 236 g/mol. The molecule has 17 heavy (non-hydrogen) atoms. The summed E-state index contributed by atoms with van der Waals surface area (Å²) in [5.74, 6) is 0.794.